The second kappa shape index (κ2) is 21.9. The molecule has 1 aliphatic rings. The van der Waals surface area contributed by atoms with Crippen LogP contribution in [-0.2, 0) is 41.6 Å². The lowest BCUT2D eigenvalue weighted by atomic mass is 9.67. The number of fused-ring (bicyclic) bond motifs is 1. The van der Waals surface area contributed by atoms with Gasteiger partial charge < -0.3 is 48.4 Å². The summed E-state index contributed by atoms with van der Waals surface area (Å²) in [5, 5.41) is 25.3. The number of guanidine groups is 1. The Morgan fingerprint density at radius 1 is 0.817 bits per heavy atom. The molecule has 0 bridgehead atoms. The minimum absolute atomic E-state index is 0.0110. The van der Waals surface area contributed by atoms with Gasteiger partial charge in [-0.15, -0.1) is 0 Å². The van der Waals surface area contributed by atoms with E-state index in [0.717, 1.165) is 28.5 Å². The molecular weight excluding hydrogens is 765 g/mol. The van der Waals surface area contributed by atoms with E-state index in [0.29, 0.717) is 38.0 Å². The van der Waals surface area contributed by atoms with Crippen molar-refractivity contribution in [3.05, 3.63) is 71.9 Å². The molecule has 16 nitrogen and oxygen atoms in total. The van der Waals surface area contributed by atoms with Gasteiger partial charge in [0.05, 0.1) is 6.54 Å². The zero-order chi connectivity index (χ0) is 43.9. The summed E-state index contributed by atoms with van der Waals surface area (Å²) in [5.41, 5.74) is 11.9. The Morgan fingerprint density at radius 3 is 2.10 bits per heavy atom. The van der Waals surface area contributed by atoms with Crippen molar-refractivity contribution >= 4 is 52.3 Å². The number of unbranched alkanes of at least 4 members (excludes halogenated alkanes) is 1. The lowest BCUT2D eigenvalue weighted by Crippen LogP contribution is -2.64. The molecule has 0 spiro atoms. The zero-order valence-electron chi connectivity index (χ0n) is 35.4. The standard InChI is InChI=1S/C44H64N10O6/c1-5-6-18-37(56)54-44(21-19-30(20-22-44)43(2,3)4)41(60)53-34(24-28-13-8-7-9-14-28)40(59)51-33(17-12-23-48-42(46)47)39(58)52-35(38(57)50-27-36(45)55)25-29-26-49-32-16-11-10-15-31(29)32/h7-11,13-16,26,30,33-35,49H,5-6,12,17-25,27H2,1-4H3,(H2,45,55)(H,50,57)(H,51,59)(H,52,58)(H,53,60)(H,54,56)(H4,46,47,48)/t30-,33-,34+,35-,44+/m0/s1. The SMILES string of the molecule is CCCCC(=O)N[C@]1(C(=O)N[C@H](Cc2ccccc2)C(=O)N[C@@H](CCCNC(=N)N)C(=O)N[C@@H](Cc2c[nH]c3ccccc23)C(=O)NCC(N)=O)CC[C@H](C(C)(C)C)CC1. The highest BCUT2D eigenvalue weighted by Gasteiger charge is 2.46. The van der Waals surface area contributed by atoms with E-state index < -0.39 is 59.7 Å². The molecule has 0 unspecified atom stereocenters. The third-order valence-electron chi connectivity index (χ3n) is 11.3. The maximum absolute atomic E-state index is 14.6. The van der Waals surface area contributed by atoms with E-state index in [4.69, 9.17) is 16.9 Å². The number of aromatic nitrogens is 1. The number of hydrogen-bond donors (Lipinski definition) is 10. The van der Waals surface area contributed by atoms with Gasteiger partial charge in [-0.2, -0.15) is 0 Å². The Morgan fingerprint density at radius 2 is 1.45 bits per heavy atom. The molecule has 1 heterocycles. The number of rotatable bonds is 21. The summed E-state index contributed by atoms with van der Waals surface area (Å²) in [4.78, 5) is 84.8. The highest BCUT2D eigenvalue weighted by atomic mass is 16.2. The summed E-state index contributed by atoms with van der Waals surface area (Å²) in [6.45, 7) is 8.27. The molecule has 1 aliphatic carbocycles. The lowest BCUT2D eigenvalue weighted by molar-refractivity contribution is -0.139. The van der Waals surface area contributed by atoms with Crippen LogP contribution in [0.1, 0.15) is 96.6 Å². The predicted molar refractivity (Wildman–Crippen MR) is 231 cm³/mol. The molecule has 0 aliphatic heterocycles. The normalized spacial score (nSPS) is 18.0. The van der Waals surface area contributed by atoms with E-state index in [9.17, 15) is 28.8 Å². The van der Waals surface area contributed by atoms with Crippen LogP contribution in [-0.4, -0.2) is 83.1 Å². The monoisotopic (exact) mass is 829 g/mol. The van der Waals surface area contributed by atoms with E-state index in [1.807, 2.05) is 61.5 Å². The smallest absolute Gasteiger partial charge is 0.246 e. The van der Waals surface area contributed by atoms with Crippen LogP contribution in [0.3, 0.4) is 0 Å². The molecule has 1 saturated carbocycles. The van der Waals surface area contributed by atoms with E-state index in [2.05, 4.69) is 57.7 Å². The average Bonchev–Trinajstić information content (AvgIpc) is 3.62. The van der Waals surface area contributed by atoms with Gasteiger partial charge in [-0.1, -0.05) is 82.6 Å². The van der Waals surface area contributed by atoms with Crippen LogP contribution in [0.25, 0.3) is 10.9 Å². The molecule has 0 radical (unpaired) electrons. The third kappa shape index (κ3) is 13.8. The summed E-state index contributed by atoms with van der Waals surface area (Å²) in [6.07, 6.45) is 6.23. The van der Waals surface area contributed by atoms with Gasteiger partial charge in [0.2, 0.25) is 35.4 Å². The second-order valence-corrected chi connectivity index (χ2v) is 16.9. The Bertz CT molecular complexity index is 1950. The second-order valence-electron chi connectivity index (χ2n) is 16.9. The average molecular weight is 829 g/mol. The van der Waals surface area contributed by atoms with Crippen molar-refractivity contribution in [1.82, 2.24) is 36.9 Å². The predicted octanol–water partition coefficient (Wildman–Crippen LogP) is 2.55. The number of primary amides is 1. The highest BCUT2D eigenvalue weighted by Crippen LogP contribution is 2.41. The first-order chi connectivity index (χ1) is 28.5. The van der Waals surface area contributed by atoms with Crippen molar-refractivity contribution in [1.29, 1.82) is 5.41 Å². The van der Waals surface area contributed by atoms with E-state index >= 15 is 0 Å². The first-order valence-electron chi connectivity index (χ1n) is 21.0. The fourth-order valence-corrected chi connectivity index (χ4v) is 7.78. The molecule has 3 atom stereocenters. The molecule has 326 valence electrons. The van der Waals surface area contributed by atoms with Crippen LogP contribution in [0, 0.1) is 16.7 Å². The number of hydrogen-bond acceptors (Lipinski definition) is 7. The van der Waals surface area contributed by atoms with Gasteiger partial charge in [-0.05, 0) is 73.5 Å². The van der Waals surface area contributed by atoms with Gasteiger partial charge in [0.25, 0.3) is 0 Å². The number of nitrogens with one attached hydrogen (secondary N) is 8. The number of benzene rings is 2. The van der Waals surface area contributed by atoms with Gasteiger partial charge in [-0.3, -0.25) is 34.2 Å². The van der Waals surface area contributed by atoms with E-state index in [1.165, 1.54) is 0 Å². The minimum Gasteiger partial charge on any atom is -0.370 e. The fraction of sp³-hybridized carbons (Fsp3) is 0.523. The largest absolute Gasteiger partial charge is 0.370 e. The number of carbonyl (C=O) groups excluding carboxylic acids is 6. The molecule has 4 rings (SSSR count). The Labute approximate surface area is 352 Å². The molecule has 3 aromatic rings. The zero-order valence-corrected chi connectivity index (χ0v) is 35.4. The lowest BCUT2D eigenvalue weighted by Gasteiger charge is -2.44. The van der Waals surface area contributed by atoms with Crippen molar-refractivity contribution < 1.29 is 28.8 Å². The number of carbonyl (C=O) groups is 6. The molecule has 1 aromatic heterocycles. The van der Waals surface area contributed by atoms with Crippen LogP contribution < -0.4 is 43.4 Å². The summed E-state index contributed by atoms with van der Waals surface area (Å²) >= 11 is 0. The van der Waals surface area contributed by atoms with E-state index in [-0.39, 0.29) is 55.9 Å². The number of amides is 6. The molecule has 0 saturated heterocycles. The van der Waals surface area contributed by atoms with Crippen LogP contribution >= 0.6 is 0 Å². The Kier molecular flexibility index (Phi) is 17.1. The number of H-pyrrole nitrogens is 1. The van der Waals surface area contributed by atoms with Crippen molar-refractivity contribution in [3.63, 3.8) is 0 Å². The summed E-state index contributed by atoms with van der Waals surface area (Å²) in [5.74, 6) is -3.36. The number of para-hydroxylation sites is 1. The Balaban J connectivity index is 1.63. The fourth-order valence-electron chi connectivity index (χ4n) is 7.78. The topological polar surface area (TPSA) is 266 Å². The molecule has 2 aromatic carbocycles. The quantitative estimate of drug-likeness (QED) is 0.0432. The van der Waals surface area contributed by atoms with Crippen LogP contribution in [0.2, 0.25) is 0 Å². The molecule has 16 heteroatoms. The highest BCUT2D eigenvalue weighted by molar-refractivity contribution is 5.97. The number of nitrogens with two attached hydrogens (primary N) is 2. The maximum Gasteiger partial charge on any atom is 0.246 e. The van der Waals surface area contributed by atoms with Gasteiger partial charge in [0, 0.05) is 42.9 Å². The molecule has 6 amide bonds. The first kappa shape index (κ1) is 46.8. The van der Waals surface area contributed by atoms with Gasteiger partial charge in [-0.25, -0.2) is 0 Å². The van der Waals surface area contributed by atoms with Crippen molar-refractivity contribution in [2.45, 2.75) is 122 Å². The van der Waals surface area contributed by atoms with Crippen LogP contribution in [0.5, 0.6) is 0 Å². The Hall–Kier alpha value is -5.93. The van der Waals surface area contributed by atoms with Crippen LogP contribution in [0.15, 0.2) is 60.8 Å². The first-order valence-corrected chi connectivity index (χ1v) is 21.0. The van der Waals surface area contributed by atoms with Crippen LogP contribution in [0.4, 0.5) is 0 Å². The molecule has 60 heavy (non-hydrogen) atoms. The van der Waals surface area contributed by atoms with E-state index in [1.54, 1.807) is 6.20 Å². The minimum atomic E-state index is -1.23. The molecular formula is C44H64N10O6. The van der Waals surface area contributed by atoms with Gasteiger partial charge in [0.1, 0.15) is 23.7 Å². The van der Waals surface area contributed by atoms with Gasteiger partial charge in [0.15, 0.2) is 5.96 Å². The summed E-state index contributed by atoms with van der Waals surface area (Å²) in [6, 6.07) is 13.1. The molecule has 1 fully saturated rings. The molecule has 12 N–H and O–H groups in total. The number of aromatic amines is 1. The van der Waals surface area contributed by atoms with Crippen molar-refractivity contribution in [3.8, 4) is 0 Å². The van der Waals surface area contributed by atoms with Crippen molar-refractivity contribution in [2.75, 3.05) is 13.1 Å². The third-order valence-corrected chi connectivity index (χ3v) is 11.3. The summed E-state index contributed by atoms with van der Waals surface area (Å²) < 4.78 is 0. The summed E-state index contributed by atoms with van der Waals surface area (Å²) in [7, 11) is 0. The van der Waals surface area contributed by atoms with Gasteiger partial charge >= 0.3 is 0 Å². The van der Waals surface area contributed by atoms with Crippen molar-refractivity contribution in [2.24, 2.45) is 22.8 Å². The maximum atomic E-state index is 14.6.